The third kappa shape index (κ3) is 0.613. The molecule has 10 heavy (non-hydrogen) atoms. The van der Waals surface area contributed by atoms with Crippen molar-refractivity contribution in [1.82, 2.24) is 0 Å². The third-order valence-electron chi connectivity index (χ3n) is 2.33. The molecule has 0 radical (unpaired) electrons. The van der Waals surface area contributed by atoms with Gasteiger partial charge in [0, 0.05) is 23.3 Å². The van der Waals surface area contributed by atoms with E-state index in [0.717, 1.165) is 12.8 Å². The zero-order chi connectivity index (χ0) is 6.60. The molecule has 2 nitrogen and oxygen atoms in total. The maximum Gasteiger partial charge on any atom is 0.193 e. The quantitative estimate of drug-likeness (QED) is 0.487. The van der Waals surface area contributed by atoms with Gasteiger partial charge in [0.15, 0.2) is 5.66 Å². The lowest BCUT2D eigenvalue weighted by Crippen LogP contribution is -2.25. The highest BCUT2D eigenvalue weighted by Crippen LogP contribution is 2.51. The maximum absolute atomic E-state index is 4.11. The molecule has 2 atom stereocenters. The number of hydrogen-bond acceptors (Lipinski definition) is 3. The van der Waals surface area contributed by atoms with E-state index in [1.165, 1.54) is 0 Å². The van der Waals surface area contributed by atoms with Crippen LogP contribution in [0.1, 0.15) is 12.8 Å². The molecule has 3 heteroatoms. The molecule has 1 fully saturated rings. The summed E-state index contributed by atoms with van der Waals surface area (Å²) in [6, 6.07) is 0. The van der Waals surface area contributed by atoms with E-state index >= 15 is 0 Å². The molecule has 1 saturated heterocycles. The third-order valence-corrected chi connectivity index (χ3v) is 3.68. The average molecular weight is 152 g/mol. The summed E-state index contributed by atoms with van der Waals surface area (Å²) in [5.41, 5.74) is 0.101. The summed E-state index contributed by atoms with van der Waals surface area (Å²) in [5.74, 6) is 0. The number of rotatable bonds is 0. The second-order valence-electron chi connectivity index (χ2n) is 3.19. The SMILES string of the molecule is C1=CC2CC3(CC1S2)N=N3. The zero-order valence-electron chi connectivity index (χ0n) is 5.53. The second kappa shape index (κ2) is 1.47. The Morgan fingerprint density at radius 1 is 1.20 bits per heavy atom. The van der Waals surface area contributed by atoms with Crippen molar-refractivity contribution in [2.24, 2.45) is 10.2 Å². The molecule has 0 aromatic heterocycles. The van der Waals surface area contributed by atoms with E-state index in [1.807, 2.05) is 0 Å². The molecule has 3 rings (SSSR count). The van der Waals surface area contributed by atoms with Crippen molar-refractivity contribution in [3.05, 3.63) is 12.2 Å². The van der Waals surface area contributed by atoms with Crippen LogP contribution in [0.25, 0.3) is 0 Å². The van der Waals surface area contributed by atoms with Crippen molar-refractivity contribution in [3.63, 3.8) is 0 Å². The van der Waals surface area contributed by atoms with Crippen molar-refractivity contribution in [2.45, 2.75) is 29.0 Å². The Labute approximate surface area is 63.8 Å². The Morgan fingerprint density at radius 3 is 2.30 bits per heavy atom. The number of fused-ring (bicyclic) bond motifs is 2. The van der Waals surface area contributed by atoms with Crippen molar-refractivity contribution in [3.8, 4) is 0 Å². The van der Waals surface area contributed by atoms with E-state index in [2.05, 4.69) is 34.1 Å². The first-order chi connectivity index (χ1) is 4.86. The highest BCUT2D eigenvalue weighted by molar-refractivity contribution is 8.01. The fraction of sp³-hybridized carbons (Fsp3) is 0.714. The van der Waals surface area contributed by atoms with Gasteiger partial charge in [-0.3, -0.25) is 0 Å². The Balaban J connectivity index is 1.89. The normalized spacial score (nSPS) is 44.8. The van der Waals surface area contributed by atoms with Crippen LogP contribution < -0.4 is 0 Å². The Hall–Kier alpha value is -0.310. The average Bonchev–Trinajstić information content (AvgIpc) is 2.56. The van der Waals surface area contributed by atoms with Gasteiger partial charge in [0.1, 0.15) is 0 Å². The minimum atomic E-state index is 0.101. The molecule has 2 bridgehead atoms. The summed E-state index contributed by atoms with van der Waals surface area (Å²) < 4.78 is 0. The summed E-state index contributed by atoms with van der Waals surface area (Å²) in [7, 11) is 0. The van der Waals surface area contributed by atoms with Crippen LogP contribution in [-0.4, -0.2) is 16.2 Å². The molecule has 3 heterocycles. The molecular formula is C7H8N2S. The van der Waals surface area contributed by atoms with Crippen LogP contribution in [0.15, 0.2) is 22.4 Å². The topological polar surface area (TPSA) is 24.7 Å². The molecule has 0 aliphatic carbocycles. The maximum atomic E-state index is 4.11. The number of hydrogen-bond donors (Lipinski definition) is 0. The summed E-state index contributed by atoms with van der Waals surface area (Å²) in [6.07, 6.45) is 6.94. The van der Waals surface area contributed by atoms with Crippen molar-refractivity contribution >= 4 is 11.8 Å². The zero-order valence-corrected chi connectivity index (χ0v) is 6.34. The van der Waals surface area contributed by atoms with Crippen LogP contribution in [0.2, 0.25) is 0 Å². The van der Waals surface area contributed by atoms with E-state index in [4.69, 9.17) is 0 Å². The van der Waals surface area contributed by atoms with E-state index < -0.39 is 0 Å². The summed E-state index contributed by atoms with van der Waals surface area (Å²) in [4.78, 5) is 0. The molecule has 0 saturated carbocycles. The highest BCUT2D eigenvalue weighted by atomic mass is 32.2. The summed E-state index contributed by atoms with van der Waals surface area (Å²) in [6.45, 7) is 0. The smallest absolute Gasteiger partial charge is 0.159 e. The van der Waals surface area contributed by atoms with Gasteiger partial charge in [-0.1, -0.05) is 12.2 Å². The van der Waals surface area contributed by atoms with Crippen molar-refractivity contribution in [2.75, 3.05) is 0 Å². The second-order valence-corrected chi connectivity index (χ2v) is 4.67. The van der Waals surface area contributed by atoms with Crippen LogP contribution in [0.3, 0.4) is 0 Å². The van der Waals surface area contributed by atoms with Gasteiger partial charge < -0.3 is 0 Å². The van der Waals surface area contributed by atoms with Crippen LogP contribution in [0.4, 0.5) is 0 Å². The summed E-state index contributed by atoms with van der Waals surface area (Å²) >= 11 is 2.06. The van der Waals surface area contributed by atoms with Gasteiger partial charge in [-0.05, 0) is 0 Å². The first kappa shape index (κ1) is 5.35. The molecule has 0 aromatic rings. The van der Waals surface area contributed by atoms with Crippen molar-refractivity contribution in [1.29, 1.82) is 0 Å². The highest BCUT2D eigenvalue weighted by Gasteiger charge is 2.49. The molecule has 0 amide bonds. The van der Waals surface area contributed by atoms with Crippen LogP contribution in [0.5, 0.6) is 0 Å². The van der Waals surface area contributed by atoms with E-state index in [1.54, 1.807) is 0 Å². The number of thioether (sulfide) groups is 1. The number of nitrogens with zero attached hydrogens (tertiary/aromatic N) is 2. The Bertz CT molecular complexity index is 212. The minimum Gasteiger partial charge on any atom is -0.159 e. The fourth-order valence-electron chi connectivity index (χ4n) is 1.76. The lowest BCUT2D eigenvalue weighted by Gasteiger charge is -2.22. The first-order valence-corrected chi connectivity index (χ1v) is 4.59. The molecule has 3 aliphatic heterocycles. The largest absolute Gasteiger partial charge is 0.193 e. The van der Waals surface area contributed by atoms with Gasteiger partial charge in [0.25, 0.3) is 0 Å². The van der Waals surface area contributed by atoms with Crippen LogP contribution in [-0.2, 0) is 0 Å². The molecule has 3 aliphatic rings. The van der Waals surface area contributed by atoms with Crippen molar-refractivity contribution < 1.29 is 0 Å². The van der Waals surface area contributed by atoms with E-state index in [-0.39, 0.29) is 5.66 Å². The standard InChI is InChI=1S/C7H8N2S/c1-2-6-4-7(8-9-7)3-5(1)10-6/h1-2,5-6H,3-4H2. The van der Waals surface area contributed by atoms with Gasteiger partial charge in [-0.2, -0.15) is 10.2 Å². The summed E-state index contributed by atoms with van der Waals surface area (Å²) in [5, 5.41) is 9.64. The molecule has 52 valence electrons. The monoisotopic (exact) mass is 152 g/mol. The van der Waals surface area contributed by atoms with Crippen LogP contribution >= 0.6 is 11.8 Å². The first-order valence-electron chi connectivity index (χ1n) is 3.64. The van der Waals surface area contributed by atoms with Crippen LogP contribution in [0, 0.1) is 0 Å². The van der Waals surface area contributed by atoms with Gasteiger partial charge in [-0.25, -0.2) is 0 Å². The Morgan fingerprint density at radius 2 is 1.80 bits per heavy atom. The van der Waals surface area contributed by atoms with E-state index in [9.17, 15) is 0 Å². The lowest BCUT2D eigenvalue weighted by atomic mass is 10.0. The minimum absolute atomic E-state index is 0.101. The molecule has 0 aromatic carbocycles. The molecule has 1 spiro atoms. The molecular weight excluding hydrogens is 144 g/mol. The van der Waals surface area contributed by atoms with Gasteiger partial charge in [0.2, 0.25) is 0 Å². The van der Waals surface area contributed by atoms with E-state index in [0.29, 0.717) is 10.5 Å². The van der Waals surface area contributed by atoms with Gasteiger partial charge in [-0.15, -0.1) is 11.8 Å². The van der Waals surface area contributed by atoms with Gasteiger partial charge in [0.05, 0.1) is 0 Å². The lowest BCUT2D eigenvalue weighted by molar-refractivity contribution is 0.520. The predicted molar refractivity (Wildman–Crippen MR) is 41.1 cm³/mol. The van der Waals surface area contributed by atoms with Gasteiger partial charge >= 0.3 is 0 Å². The predicted octanol–water partition coefficient (Wildman–Crippen LogP) is 1.98. The fourth-order valence-corrected chi connectivity index (χ4v) is 3.30. The Kier molecular flexibility index (Phi) is 0.788. The molecule has 0 N–H and O–H groups in total. The molecule has 2 unspecified atom stereocenters.